The number of ether oxygens (including phenoxy) is 1. The van der Waals surface area contributed by atoms with Crippen molar-refractivity contribution in [3.8, 4) is 0 Å². The summed E-state index contributed by atoms with van der Waals surface area (Å²) in [5, 5.41) is 0. The van der Waals surface area contributed by atoms with E-state index in [1.54, 1.807) is 0 Å². The monoisotopic (exact) mass is 252 g/mol. The van der Waals surface area contributed by atoms with Gasteiger partial charge in [0.15, 0.2) is 0 Å². The first-order chi connectivity index (χ1) is 8.70. The third kappa shape index (κ3) is 3.33. The van der Waals surface area contributed by atoms with Gasteiger partial charge in [0.25, 0.3) is 0 Å². The first-order valence-corrected chi connectivity index (χ1v) is 6.92. The summed E-state index contributed by atoms with van der Waals surface area (Å²) in [6.07, 6.45) is 6.05. The SMILES string of the molecule is COC(=O)C(C)=CCN1CCN2CCCCC2C1. The normalized spacial score (nSPS) is 26.8. The molecule has 0 saturated carbocycles. The Morgan fingerprint density at radius 1 is 1.33 bits per heavy atom. The van der Waals surface area contributed by atoms with E-state index in [4.69, 9.17) is 4.74 Å². The van der Waals surface area contributed by atoms with Gasteiger partial charge in [-0.25, -0.2) is 4.79 Å². The summed E-state index contributed by atoms with van der Waals surface area (Å²) in [6, 6.07) is 0.735. The highest BCUT2D eigenvalue weighted by atomic mass is 16.5. The van der Waals surface area contributed by atoms with Crippen LogP contribution in [-0.2, 0) is 9.53 Å². The van der Waals surface area contributed by atoms with Crippen molar-refractivity contribution >= 4 is 5.97 Å². The summed E-state index contributed by atoms with van der Waals surface area (Å²) in [5.41, 5.74) is 0.712. The first kappa shape index (κ1) is 13.6. The van der Waals surface area contributed by atoms with E-state index in [0.717, 1.165) is 25.7 Å². The van der Waals surface area contributed by atoms with E-state index in [1.165, 1.54) is 39.5 Å². The van der Waals surface area contributed by atoms with E-state index in [9.17, 15) is 4.79 Å². The zero-order chi connectivity index (χ0) is 13.0. The summed E-state index contributed by atoms with van der Waals surface area (Å²) >= 11 is 0. The van der Waals surface area contributed by atoms with Gasteiger partial charge in [0.1, 0.15) is 0 Å². The van der Waals surface area contributed by atoms with Crippen LogP contribution in [0.15, 0.2) is 11.6 Å². The number of carbonyl (C=O) groups excluding carboxylic acids is 1. The summed E-state index contributed by atoms with van der Waals surface area (Å²) in [7, 11) is 1.43. The molecule has 2 heterocycles. The fourth-order valence-electron chi connectivity index (χ4n) is 2.90. The molecule has 2 rings (SSSR count). The number of hydrogen-bond donors (Lipinski definition) is 0. The van der Waals surface area contributed by atoms with Crippen LogP contribution in [0.3, 0.4) is 0 Å². The van der Waals surface area contributed by atoms with Crippen LogP contribution in [0.2, 0.25) is 0 Å². The Kier molecular flexibility index (Phi) is 4.78. The molecule has 2 aliphatic heterocycles. The number of carbonyl (C=O) groups is 1. The number of esters is 1. The van der Waals surface area contributed by atoms with Gasteiger partial charge in [0.2, 0.25) is 0 Å². The van der Waals surface area contributed by atoms with Gasteiger partial charge < -0.3 is 4.74 Å². The maximum absolute atomic E-state index is 11.3. The highest BCUT2D eigenvalue weighted by Gasteiger charge is 2.28. The van der Waals surface area contributed by atoms with E-state index >= 15 is 0 Å². The van der Waals surface area contributed by atoms with E-state index in [-0.39, 0.29) is 5.97 Å². The zero-order valence-corrected chi connectivity index (χ0v) is 11.5. The second-order valence-corrected chi connectivity index (χ2v) is 5.32. The van der Waals surface area contributed by atoms with Crippen LogP contribution in [-0.4, -0.2) is 61.6 Å². The molecule has 4 heteroatoms. The van der Waals surface area contributed by atoms with Crippen molar-refractivity contribution in [2.45, 2.75) is 32.2 Å². The highest BCUT2D eigenvalue weighted by Crippen LogP contribution is 2.20. The Morgan fingerprint density at radius 2 is 2.17 bits per heavy atom. The molecule has 1 atom stereocenters. The average molecular weight is 252 g/mol. The lowest BCUT2D eigenvalue weighted by Crippen LogP contribution is -2.54. The molecule has 2 fully saturated rings. The number of piperazine rings is 1. The molecular formula is C14H24N2O2. The van der Waals surface area contributed by atoms with Crippen LogP contribution in [0, 0.1) is 0 Å². The molecule has 0 aromatic rings. The van der Waals surface area contributed by atoms with Crippen molar-refractivity contribution in [1.82, 2.24) is 9.80 Å². The van der Waals surface area contributed by atoms with Crippen molar-refractivity contribution in [2.24, 2.45) is 0 Å². The van der Waals surface area contributed by atoms with Crippen LogP contribution in [0.4, 0.5) is 0 Å². The van der Waals surface area contributed by atoms with Crippen LogP contribution >= 0.6 is 0 Å². The van der Waals surface area contributed by atoms with E-state index in [0.29, 0.717) is 5.57 Å². The molecule has 0 aromatic carbocycles. The smallest absolute Gasteiger partial charge is 0.333 e. The van der Waals surface area contributed by atoms with Gasteiger partial charge in [-0.15, -0.1) is 0 Å². The molecule has 0 aromatic heterocycles. The lowest BCUT2D eigenvalue weighted by molar-refractivity contribution is -0.136. The zero-order valence-electron chi connectivity index (χ0n) is 11.5. The topological polar surface area (TPSA) is 32.8 Å². The molecule has 4 nitrogen and oxygen atoms in total. The minimum atomic E-state index is -0.216. The van der Waals surface area contributed by atoms with Crippen LogP contribution in [0.1, 0.15) is 26.2 Å². The molecule has 1 unspecified atom stereocenters. The minimum absolute atomic E-state index is 0.216. The van der Waals surface area contributed by atoms with Crippen LogP contribution in [0.5, 0.6) is 0 Å². The molecule has 2 aliphatic rings. The van der Waals surface area contributed by atoms with Gasteiger partial charge in [-0.05, 0) is 26.3 Å². The van der Waals surface area contributed by atoms with E-state index in [1.807, 2.05) is 13.0 Å². The second-order valence-electron chi connectivity index (χ2n) is 5.32. The Morgan fingerprint density at radius 3 is 2.94 bits per heavy atom. The van der Waals surface area contributed by atoms with Gasteiger partial charge in [-0.2, -0.15) is 0 Å². The molecule has 0 aliphatic carbocycles. The first-order valence-electron chi connectivity index (χ1n) is 6.92. The third-order valence-electron chi connectivity index (χ3n) is 4.08. The number of piperidine rings is 1. The molecule has 0 N–H and O–H groups in total. The predicted molar refractivity (Wildman–Crippen MR) is 71.4 cm³/mol. The number of hydrogen-bond acceptors (Lipinski definition) is 4. The summed E-state index contributed by atoms with van der Waals surface area (Å²) in [5.74, 6) is -0.216. The molecule has 0 spiro atoms. The quantitative estimate of drug-likeness (QED) is 0.559. The number of rotatable bonds is 3. The van der Waals surface area contributed by atoms with Gasteiger partial charge in [0.05, 0.1) is 7.11 Å². The summed E-state index contributed by atoms with van der Waals surface area (Å²) in [4.78, 5) is 16.4. The molecule has 0 amide bonds. The predicted octanol–water partition coefficient (Wildman–Crippen LogP) is 1.28. The Hall–Kier alpha value is -0.870. The Bertz CT molecular complexity index is 328. The Labute approximate surface area is 110 Å². The van der Waals surface area contributed by atoms with Crippen molar-refractivity contribution < 1.29 is 9.53 Å². The average Bonchev–Trinajstić information content (AvgIpc) is 2.43. The van der Waals surface area contributed by atoms with Gasteiger partial charge in [0, 0.05) is 37.8 Å². The van der Waals surface area contributed by atoms with Crippen molar-refractivity contribution in [3.63, 3.8) is 0 Å². The molecular weight excluding hydrogens is 228 g/mol. The molecule has 0 bridgehead atoms. The molecule has 0 radical (unpaired) electrons. The van der Waals surface area contributed by atoms with Crippen molar-refractivity contribution in [2.75, 3.05) is 39.8 Å². The fourth-order valence-corrected chi connectivity index (χ4v) is 2.90. The molecule has 18 heavy (non-hydrogen) atoms. The summed E-state index contributed by atoms with van der Waals surface area (Å²) < 4.78 is 4.70. The number of fused-ring (bicyclic) bond motifs is 1. The number of nitrogens with zero attached hydrogens (tertiary/aromatic N) is 2. The molecule has 102 valence electrons. The van der Waals surface area contributed by atoms with Crippen LogP contribution < -0.4 is 0 Å². The summed E-state index contributed by atoms with van der Waals surface area (Å²) in [6.45, 7) is 7.39. The third-order valence-corrected chi connectivity index (χ3v) is 4.08. The Balaban J connectivity index is 1.82. The van der Waals surface area contributed by atoms with Crippen LogP contribution in [0.25, 0.3) is 0 Å². The molecule has 2 saturated heterocycles. The largest absolute Gasteiger partial charge is 0.466 e. The van der Waals surface area contributed by atoms with E-state index < -0.39 is 0 Å². The van der Waals surface area contributed by atoms with E-state index in [2.05, 4.69) is 9.80 Å². The maximum Gasteiger partial charge on any atom is 0.333 e. The lowest BCUT2D eigenvalue weighted by Gasteiger charge is -2.43. The second kappa shape index (κ2) is 6.34. The lowest BCUT2D eigenvalue weighted by atomic mass is 9.99. The van der Waals surface area contributed by atoms with Gasteiger partial charge in [-0.1, -0.05) is 12.5 Å². The van der Waals surface area contributed by atoms with Gasteiger partial charge >= 0.3 is 5.97 Å². The standard InChI is InChI=1S/C14H24N2O2/c1-12(14(17)18-2)6-8-15-9-10-16-7-4-3-5-13(16)11-15/h6,13H,3-5,7-11H2,1-2H3. The highest BCUT2D eigenvalue weighted by molar-refractivity contribution is 5.87. The number of methoxy groups -OCH3 is 1. The maximum atomic E-state index is 11.3. The van der Waals surface area contributed by atoms with Crippen molar-refractivity contribution in [1.29, 1.82) is 0 Å². The fraction of sp³-hybridized carbons (Fsp3) is 0.786. The van der Waals surface area contributed by atoms with Crippen molar-refractivity contribution in [3.05, 3.63) is 11.6 Å². The van der Waals surface area contributed by atoms with Gasteiger partial charge in [-0.3, -0.25) is 9.80 Å². The minimum Gasteiger partial charge on any atom is -0.466 e.